The van der Waals surface area contributed by atoms with E-state index in [1.807, 2.05) is 6.92 Å². The summed E-state index contributed by atoms with van der Waals surface area (Å²) >= 11 is 0. The molecule has 14 heavy (non-hydrogen) atoms. The number of aromatic hydroxyl groups is 1. The monoisotopic (exact) mass is 190 g/mol. The third-order valence-electron chi connectivity index (χ3n) is 1.88. The molecule has 1 aromatic carbocycles. The molecule has 1 heterocycles. The molecule has 0 fully saturated rings. The van der Waals surface area contributed by atoms with Gasteiger partial charge in [-0.3, -0.25) is 4.98 Å². The molecule has 72 valence electrons. The standard InChI is InChI=1S/C10H10N2O2/c1-2-14-8-4-3-7-9(10(8)13)12-6-5-11-7/h3-6,13H,2H2,1H3. The van der Waals surface area contributed by atoms with Gasteiger partial charge >= 0.3 is 0 Å². The molecule has 0 saturated carbocycles. The van der Waals surface area contributed by atoms with E-state index in [1.165, 1.54) is 6.20 Å². The second-order valence-corrected chi connectivity index (χ2v) is 2.77. The Bertz CT molecular complexity index is 457. The number of phenols is 1. The molecule has 0 saturated heterocycles. The van der Waals surface area contributed by atoms with Gasteiger partial charge in [0.05, 0.1) is 12.1 Å². The van der Waals surface area contributed by atoms with Crippen LogP contribution in [0.1, 0.15) is 6.92 Å². The van der Waals surface area contributed by atoms with Crippen molar-refractivity contribution in [2.75, 3.05) is 6.61 Å². The van der Waals surface area contributed by atoms with Gasteiger partial charge in [-0.15, -0.1) is 0 Å². The molecule has 0 spiro atoms. The molecule has 4 nitrogen and oxygen atoms in total. The van der Waals surface area contributed by atoms with Crippen molar-refractivity contribution in [1.82, 2.24) is 9.97 Å². The van der Waals surface area contributed by atoms with Crippen LogP contribution >= 0.6 is 0 Å². The quantitative estimate of drug-likeness (QED) is 0.783. The molecule has 0 aliphatic heterocycles. The van der Waals surface area contributed by atoms with E-state index in [0.29, 0.717) is 23.4 Å². The molecule has 0 atom stereocenters. The largest absolute Gasteiger partial charge is 0.503 e. The predicted molar refractivity (Wildman–Crippen MR) is 52.4 cm³/mol. The summed E-state index contributed by atoms with van der Waals surface area (Å²) < 4.78 is 5.23. The molecule has 0 bridgehead atoms. The fraction of sp³-hybridized carbons (Fsp3) is 0.200. The van der Waals surface area contributed by atoms with Crippen LogP contribution in [0.25, 0.3) is 11.0 Å². The first-order chi connectivity index (χ1) is 6.83. The van der Waals surface area contributed by atoms with E-state index in [-0.39, 0.29) is 5.75 Å². The van der Waals surface area contributed by atoms with Crippen LogP contribution in [0.3, 0.4) is 0 Å². The van der Waals surface area contributed by atoms with Crippen LogP contribution in [0.5, 0.6) is 11.5 Å². The summed E-state index contributed by atoms with van der Waals surface area (Å²) in [4.78, 5) is 8.10. The number of rotatable bonds is 2. The van der Waals surface area contributed by atoms with Gasteiger partial charge in [-0.2, -0.15) is 0 Å². The lowest BCUT2D eigenvalue weighted by molar-refractivity contribution is 0.319. The topological polar surface area (TPSA) is 55.2 Å². The van der Waals surface area contributed by atoms with Gasteiger partial charge in [0, 0.05) is 12.4 Å². The van der Waals surface area contributed by atoms with Crippen LogP contribution in [0.2, 0.25) is 0 Å². The Morgan fingerprint density at radius 1 is 1.29 bits per heavy atom. The van der Waals surface area contributed by atoms with Crippen molar-refractivity contribution in [3.05, 3.63) is 24.5 Å². The predicted octanol–water partition coefficient (Wildman–Crippen LogP) is 1.73. The number of nitrogens with zero attached hydrogens (tertiary/aromatic N) is 2. The second kappa shape index (κ2) is 3.49. The van der Waals surface area contributed by atoms with Crippen LogP contribution in [0.15, 0.2) is 24.5 Å². The maximum Gasteiger partial charge on any atom is 0.186 e. The average molecular weight is 190 g/mol. The van der Waals surface area contributed by atoms with Crippen LogP contribution < -0.4 is 4.74 Å². The Balaban J connectivity index is 2.63. The highest BCUT2D eigenvalue weighted by Crippen LogP contribution is 2.31. The van der Waals surface area contributed by atoms with E-state index >= 15 is 0 Å². The van der Waals surface area contributed by atoms with E-state index < -0.39 is 0 Å². The van der Waals surface area contributed by atoms with E-state index in [1.54, 1.807) is 18.3 Å². The Morgan fingerprint density at radius 3 is 2.86 bits per heavy atom. The summed E-state index contributed by atoms with van der Waals surface area (Å²) in [7, 11) is 0. The first-order valence-corrected chi connectivity index (χ1v) is 4.38. The van der Waals surface area contributed by atoms with E-state index in [2.05, 4.69) is 9.97 Å². The molecular weight excluding hydrogens is 180 g/mol. The molecule has 0 unspecified atom stereocenters. The Labute approximate surface area is 81.2 Å². The first kappa shape index (κ1) is 8.74. The summed E-state index contributed by atoms with van der Waals surface area (Å²) in [6.07, 6.45) is 3.12. The highest BCUT2D eigenvalue weighted by Gasteiger charge is 2.07. The van der Waals surface area contributed by atoms with Gasteiger partial charge in [0.1, 0.15) is 5.52 Å². The molecule has 1 aromatic heterocycles. The number of hydrogen-bond acceptors (Lipinski definition) is 4. The van der Waals surface area contributed by atoms with Gasteiger partial charge in [-0.25, -0.2) is 4.98 Å². The van der Waals surface area contributed by atoms with Gasteiger partial charge in [0.15, 0.2) is 11.5 Å². The normalized spacial score (nSPS) is 10.4. The molecular formula is C10H10N2O2. The van der Waals surface area contributed by atoms with Gasteiger partial charge in [-0.05, 0) is 19.1 Å². The Kier molecular flexibility index (Phi) is 2.18. The van der Waals surface area contributed by atoms with Crippen molar-refractivity contribution in [2.45, 2.75) is 6.92 Å². The van der Waals surface area contributed by atoms with E-state index in [9.17, 15) is 5.11 Å². The third kappa shape index (κ3) is 1.35. The fourth-order valence-electron chi connectivity index (χ4n) is 1.28. The lowest BCUT2D eigenvalue weighted by Crippen LogP contribution is -1.93. The smallest absolute Gasteiger partial charge is 0.186 e. The van der Waals surface area contributed by atoms with E-state index in [0.717, 1.165) is 0 Å². The highest BCUT2D eigenvalue weighted by atomic mass is 16.5. The minimum absolute atomic E-state index is 0.0532. The van der Waals surface area contributed by atoms with Crippen molar-refractivity contribution in [3.8, 4) is 11.5 Å². The van der Waals surface area contributed by atoms with Crippen LogP contribution in [-0.4, -0.2) is 21.7 Å². The number of aromatic nitrogens is 2. The average Bonchev–Trinajstić information content (AvgIpc) is 2.23. The van der Waals surface area contributed by atoms with Crippen LogP contribution in [0, 0.1) is 0 Å². The molecule has 0 aliphatic rings. The number of hydrogen-bond donors (Lipinski definition) is 1. The number of ether oxygens (including phenoxy) is 1. The Hall–Kier alpha value is -1.84. The number of phenolic OH excluding ortho intramolecular Hbond substituents is 1. The van der Waals surface area contributed by atoms with Gasteiger partial charge in [0.2, 0.25) is 0 Å². The zero-order chi connectivity index (χ0) is 9.97. The van der Waals surface area contributed by atoms with Crippen molar-refractivity contribution in [1.29, 1.82) is 0 Å². The molecule has 4 heteroatoms. The molecule has 0 aliphatic carbocycles. The molecule has 1 N–H and O–H groups in total. The Morgan fingerprint density at radius 2 is 2.07 bits per heavy atom. The minimum atomic E-state index is 0.0532. The number of benzene rings is 1. The van der Waals surface area contributed by atoms with Crippen molar-refractivity contribution >= 4 is 11.0 Å². The van der Waals surface area contributed by atoms with Crippen molar-refractivity contribution < 1.29 is 9.84 Å². The second-order valence-electron chi connectivity index (χ2n) is 2.77. The summed E-state index contributed by atoms with van der Waals surface area (Å²) in [5.41, 5.74) is 1.13. The molecule has 2 aromatic rings. The minimum Gasteiger partial charge on any atom is -0.503 e. The third-order valence-corrected chi connectivity index (χ3v) is 1.88. The summed E-state index contributed by atoms with van der Waals surface area (Å²) in [5, 5.41) is 9.75. The first-order valence-electron chi connectivity index (χ1n) is 4.38. The molecule has 0 amide bonds. The summed E-state index contributed by atoms with van der Waals surface area (Å²) in [6, 6.07) is 3.46. The SMILES string of the molecule is CCOc1ccc2nccnc2c1O. The maximum atomic E-state index is 9.75. The van der Waals surface area contributed by atoms with E-state index in [4.69, 9.17) is 4.74 Å². The van der Waals surface area contributed by atoms with Crippen molar-refractivity contribution in [3.63, 3.8) is 0 Å². The fourth-order valence-corrected chi connectivity index (χ4v) is 1.28. The van der Waals surface area contributed by atoms with Crippen LogP contribution in [-0.2, 0) is 0 Å². The zero-order valence-corrected chi connectivity index (χ0v) is 7.77. The summed E-state index contributed by atoms with van der Waals surface area (Å²) in [6.45, 7) is 2.37. The lowest BCUT2D eigenvalue weighted by Gasteiger charge is -2.06. The molecule has 2 rings (SSSR count). The van der Waals surface area contributed by atoms with Gasteiger partial charge in [-0.1, -0.05) is 0 Å². The number of fused-ring (bicyclic) bond motifs is 1. The van der Waals surface area contributed by atoms with Crippen molar-refractivity contribution in [2.24, 2.45) is 0 Å². The van der Waals surface area contributed by atoms with Gasteiger partial charge < -0.3 is 9.84 Å². The zero-order valence-electron chi connectivity index (χ0n) is 7.77. The summed E-state index contributed by atoms with van der Waals surface area (Å²) in [5.74, 6) is 0.498. The van der Waals surface area contributed by atoms with Crippen LogP contribution in [0.4, 0.5) is 0 Å². The molecule has 0 radical (unpaired) electrons. The lowest BCUT2D eigenvalue weighted by atomic mass is 10.2. The van der Waals surface area contributed by atoms with Gasteiger partial charge in [0.25, 0.3) is 0 Å². The highest BCUT2D eigenvalue weighted by molar-refractivity contribution is 5.83. The maximum absolute atomic E-state index is 9.75.